The van der Waals surface area contributed by atoms with E-state index in [1.54, 1.807) is 12.1 Å². The number of piperazine rings is 1. The van der Waals surface area contributed by atoms with Gasteiger partial charge in [0.05, 0.1) is 12.6 Å². The fourth-order valence-corrected chi connectivity index (χ4v) is 3.08. The standard InChI is InChI=1S/C17H28N4O2/c1-13(2)16(21-9-7-20(8-10-21)11-12-22)17(23)19-15-5-3-14(18)4-6-15/h3-6,13,16,22H,7-12,18H2,1-2H3,(H,19,23). The maximum atomic E-state index is 12.7. The Bertz CT molecular complexity index is 496. The minimum absolute atomic E-state index is 0.0281. The van der Waals surface area contributed by atoms with E-state index in [-0.39, 0.29) is 24.5 Å². The van der Waals surface area contributed by atoms with Crippen LogP contribution in [0.25, 0.3) is 0 Å². The molecule has 6 heteroatoms. The van der Waals surface area contributed by atoms with Crippen LogP contribution in [0.4, 0.5) is 11.4 Å². The van der Waals surface area contributed by atoms with Crippen molar-refractivity contribution in [3.05, 3.63) is 24.3 Å². The average Bonchev–Trinajstić information content (AvgIpc) is 2.51. The molecule has 1 atom stereocenters. The lowest BCUT2D eigenvalue weighted by atomic mass is 10.0. The maximum Gasteiger partial charge on any atom is 0.241 e. The van der Waals surface area contributed by atoms with Crippen LogP contribution in [0.5, 0.6) is 0 Å². The molecule has 6 nitrogen and oxygen atoms in total. The number of rotatable bonds is 6. The Balaban J connectivity index is 1.98. The third-order valence-electron chi connectivity index (χ3n) is 4.29. The van der Waals surface area contributed by atoms with Gasteiger partial charge in [0.2, 0.25) is 5.91 Å². The molecule has 1 heterocycles. The SMILES string of the molecule is CC(C)C(C(=O)Nc1ccc(N)cc1)N1CCN(CCO)CC1. The molecule has 1 saturated heterocycles. The Hall–Kier alpha value is -1.63. The highest BCUT2D eigenvalue weighted by Crippen LogP contribution is 2.17. The number of anilines is 2. The summed E-state index contributed by atoms with van der Waals surface area (Å²) < 4.78 is 0. The highest BCUT2D eigenvalue weighted by molar-refractivity contribution is 5.95. The first-order valence-electron chi connectivity index (χ1n) is 8.25. The summed E-state index contributed by atoms with van der Waals surface area (Å²) in [5, 5.41) is 12.0. The van der Waals surface area contributed by atoms with Gasteiger partial charge in [-0.1, -0.05) is 13.8 Å². The van der Waals surface area contributed by atoms with E-state index in [2.05, 4.69) is 29.0 Å². The molecular weight excluding hydrogens is 292 g/mol. The van der Waals surface area contributed by atoms with Crippen molar-refractivity contribution in [2.45, 2.75) is 19.9 Å². The topological polar surface area (TPSA) is 81.8 Å². The molecule has 1 amide bonds. The van der Waals surface area contributed by atoms with Crippen molar-refractivity contribution in [2.75, 3.05) is 50.4 Å². The molecular formula is C17H28N4O2. The van der Waals surface area contributed by atoms with Crippen LogP contribution in [0.3, 0.4) is 0 Å². The van der Waals surface area contributed by atoms with Crippen LogP contribution in [-0.2, 0) is 4.79 Å². The summed E-state index contributed by atoms with van der Waals surface area (Å²) in [6.07, 6.45) is 0. The van der Waals surface area contributed by atoms with Crippen LogP contribution < -0.4 is 11.1 Å². The number of nitrogens with two attached hydrogens (primary N) is 1. The Morgan fingerprint density at radius 3 is 2.35 bits per heavy atom. The second-order valence-corrected chi connectivity index (χ2v) is 6.40. The molecule has 0 spiro atoms. The number of benzene rings is 1. The van der Waals surface area contributed by atoms with Crippen molar-refractivity contribution >= 4 is 17.3 Å². The first kappa shape index (κ1) is 17.7. The average molecular weight is 320 g/mol. The normalized spacial score (nSPS) is 18.1. The molecule has 1 unspecified atom stereocenters. The molecule has 128 valence electrons. The molecule has 0 aliphatic carbocycles. The van der Waals surface area contributed by atoms with Crippen LogP contribution in [0.1, 0.15) is 13.8 Å². The van der Waals surface area contributed by atoms with Crippen LogP contribution in [0.15, 0.2) is 24.3 Å². The largest absolute Gasteiger partial charge is 0.399 e. The van der Waals surface area contributed by atoms with Gasteiger partial charge in [0, 0.05) is 44.1 Å². The summed E-state index contributed by atoms with van der Waals surface area (Å²) in [6, 6.07) is 7.07. The number of hydrogen-bond acceptors (Lipinski definition) is 5. The van der Waals surface area contributed by atoms with Gasteiger partial charge < -0.3 is 16.2 Å². The molecule has 2 rings (SSSR count). The number of nitrogens with one attached hydrogen (secondary N) is 1. The summed E-state index contributed by atoms with van der Waals surface area (Å²) in [6.45, 7) is 8.51. The Labute approximate surface area is 138 Å². The lowest BCUT2D eigenvalue weighted by Crippen LogP contribution is -2.55. The van der Waals surface area contributed by atoms with E-state index in [1.165, 1.54) is 0 Å². The molecule has 1 fully saturated rings. The summed E-state index contributed by atoms with van der Waals surface area (Å²) in [7, 11) is 0. The van der Waals surface area contributed by atoms with E-state index in [0.717, 1.165) is 31.9 Å². The van der Waals surface area contributed by atoms with Crippen molar-refractivity contribution < 1.29 is 9.90 Å². The Morgan fingerprint density at radius 1 is 1.22 bits per heavy atom. The number of carbonyl (C=O) groups is 1. The zero-order valence-electron chi connectivity index (χ0n) is 14.0. The molecule has 1 aromatic carbocycles. The molecule has 1 aliphatic heterocycles. The summed E-state index contributed by atoms with van der Waals surface area (Å²) in [4.78, 5) is 17.2. The number of aliphatic hydroxyl groups excluding tert-OH is 1. The van der Waals surface area contributed by atoms with E-state index < -0.39 is 0 Å². The highest BCUT2D eigenvalue weighted by atomic mass is 16.3. The van der Waals surface area contributed by atoms with Gasteiger partial charge in [-0.05, 0) is 30.2 Å². The number of nitrogens with zero attached hydrogens (tertiary/aromatic N) is 2. The van der Waals surface area contributed by atoms with Gasteiger partial charge in [-0.3, -0.25) is 14.6 Å². The van der Waals surface area contributed by atoms with Crippen molar-refractivity contribution in [3.8, 4) is 0 Å². The minimum atomic E-state index is -0.149. The van der Waals surface area contributed by atoms with Crippen molar-refractivity contribution in [1.82, 2.24) is 9.80 Å². The van der Waals surface area contributed by atoms with E-state index in [0.29, 0.717) is 12.2 Å². The molecule has 4 N–H and O–H groups in total. The predicted octanol–water partition coefficient (Wildman–Crippen LogP) is 0.842. The minimum Gasteiger partial charge on any atom is -0.399 e. The number of β-amino-alcohol motifs (C(OH)–C–C–N with tert-alkyl or cyclic N) is 1. The maximum absolute atomic E-state index is 12.7. The van der Waals surface area contributed by atoms with Gasteiger partial charge in [-0.15, -0.1) is 0 Å². The lowest BCUT2D eigenvalue weighted by molar-refractivity contribution is -0.123. The molecule has 0 bridgehead atoms. The molecule has 1 aromatic rings. The zero-order chi connectivity index (χ0) is 16.8. The second-order valence-electron chi connectivity index (χ2n) is 6.40. The van der Waals surface area contributed by atoms with E-state index in [9.17, 15) is 4.79 Å². The molecule has 23 heavy (non-hydrogen) atoms. The molecule has 1 aliphatic rings. The van der Waals surface area contributed by atoms with Crippen LogP contribution in [0.2, 0.25) is 0 Å². The third kappa shape index (κ3) is 4.92. The predicted molar refractivity (Wildman–Crippen MR) is 93.2 cm³/mol. The van der Waals surface area contributed by atoms with Gasteiger partial charge in [0.1, 0.15) is 0 Å². The molecule has 0 radical (unpaired) electrons. The monoisotopic (exact) mass is 320 g/mol. The molecule has 0 saturated carbocycles. The van der Waals surface area contributed by atoms with Crippen molar-refractivity contribution in [1.29, 1.82) is 0 Å². The second kappa shape index (κ2) is 8.29. The Morgan fingerprint density at radius 2 is 1.83 bits per heavy atom. The number of aliphatic hydroxyl groups is 1. The third-order valence-corrected chi connectivity index (χ3v) is 4.29. The van der Waals surface area contributed by atoms with Crippen molar-refractivity contribution in [2.24, 2.45) is 5.92 Å². The van der Waals surface area contributed by atoms with E-state index >= 15 is 0 Å². The smallest absolute Gasteiger partial charge is 0.241 e. The fraction of sp³-hybridized carbons (Fsp3) is 0.588. The number of amides is 1. The van der Waals surface area contributed by atoms with Gasteiger partial charge >= 0.3 is 0 Å². The summed E-state index contributed by atoms with van der Waals surface area (Å²) in [5.41, 5.74) is 7.13. The van der Waals surface area contributed by atoms with Gasteiger partial charge in [0.25, 0.3) is 0 Å². The molecule has 0 aromatic heterocycles. The van der Waals surface area contributed by atoms with Crippen LogP contribution >= 0.6 is 0 Å². The number of nitrogen functional groups attached to an aromatic ring is 1. The summed E-state index contributed by atoms with van der Waals surface area (Å²) in [5.74, 6) is 0.258. The van der Waals surface area contributed by atoms with Gasteiger partial charge in [-0.25, -0.2) is 0 Å². The zero-order valence-corrected chi connectivity index (χ0v) is 14.0. The number of hydrogen-bond donors (Lipinski definition) is 3. The van der Waals surface area contributed by atoms with Crippen molar-refractivity contribution in [3.63, 3.8) is 0 Å². The van der Waals surface area contributed by atoms with Gasteiger partial charge in [-0.2, -0.15) is 0 Å². The highest BCUT2D eigenvalue weighted by Gasteiger charge is 2.31. The quantitative estimate of drug-likeness (QED) is 0.677. The van der Waals surface area contributed by atoms with E-state index in [1.807, 2.05) is 12.1 Å². The van der Waals surface area contributed by atoms with E-state index in [4.69, 9.17) is 10.8 Å². The Kier molecular flexibility index (Phi) is 6.38. The first-order valence-corrected chi connectivity index (χ1v) is 8.25. The first-order chi connectivity index (χ1) is 11.0. The lowest BCUT2D eigenvalue weighted by Gasteiger charge is -2.39. The van der Waals surface area contributed by atoms with Crippen LogP contribution in [-0.4, -0.2) is 66.2 Å². The van der Waals surface area contributed by atoms with Crippen LogP contribution in [0, 0.1) is 5.92 Å². The summed E-state index contributed by atoms with van der Waals surface area (Å²) >= 11 is 0. The number of carbonyl (C=O) groups excluding carboxylic acids is 1. The fourth-order valence-electron chi connectivity index (χ4n) is 3.08. The van der Waals surface area contributed by atoms with Gasteiger partial charge in [0.15, 0.2) is 0 Å².